The van der Waals surface area contributed by atoms with Crippen molar-refractivity contribution >= 4 is 23.4 Å². The highest BCUT2D eigenvalue weighted by atomic mass is 16.6. The molecular formula is C40H57NO9. The molecule has 2 heterocycles. The van der Waals surface area contributed by atoms with Gasteiger partial charge in [0.05, 0.1) is 12.2 Å². The zero-order valence-corrected chi connectivity index (χ0v) is 30.8. The molecule has 1 N–H and O–H groups in total. The molecule has 2 fully saturated rings. The summed E-state index contributed by atoms with van der Waals surface area (Å²) in [5.41, 5.74) is 1.75. The lowest BCUT2D eigenvalue weighted by Gasteiger charge is -2.42. The molecule has 8 atom stereocenters. The van der Waals surface area contributed by atoms with Crippen molar-refractivity contribution in [3.63, 3.8) is 0 Å². The monoisotopic (exact) mass is 695 g/mol. The van der Waals surface area contributed by atoms with Crippen molar-refractivity contribution in [2.45, 2.75) is 110 Å². The number of methoxy groups -OCH3 is 2. The standard InChI is InChI=1S/C40H57NO9/c1-27(24-29(3)35(42)26-47-6)16-10-8-11-17-28(2)36(48-7)25-33-22-21-30(4)40(46,50-33)37(43)38(44)41-23-15-14-20-34(41)39(45)49-31(5)32-18-12-9-13-19-32/h8-13,16-19,27,29-31,33-34,36,46H,14-15,20-26H2,1-7H3/t27-,29-,30-,31?,33+,34?,36+,40-/m1/s1. The number of esters is 1. The van der Waals surface area contributed by atoms with Gasteiger partial charge in [0.2, 0.25) is 5.79 Å². The number of rotatable bonds is 17. The second kappa shape index (κ2) is 19.8. The van der Waals surface area contributed by atoms with Crippen LogP contribution in [0.4, 0.5) is 0 Å². The summed E-state index contributed by atoms with van der Waals surface area (Å²) in [6.07, 6.45) is 12.2. The first kappa shape index (κ1) is 41.0. The van der Waals surface area contributed by atoms with Crippen molar-refractivity contribution in [3.05, 3.63) is 71.8 Å². The Bertz CT molecular complexity index is 1370. The van der Waals surface area contributed by atoms with E-state index in [1.54, 1.807) is 21.0 Å². The number of amides is 1. The third-order valence-electron chi connectivity index (χ3n) is 9.91. The van der Waals surface area contributed by atoms with Crippen molar-refractivity contribution in [1.82, 2.24) is 4.90 Å². The highest BCUT2D eigenvalue weighted by Gasteiger charge is 2.53. The van der Waals surface area contributed by atoms with Crippen molar-refractivity contribution in [2.24, 2.45) is 17.8 Å². The number of ketones is 2. The van der Waals surface area contributed by atoms with Gasteiger partial charge in [-0.05, 0) is 69.4 Å². The van der Waals surface area contributed by atoms with Gasteiger partial charge in [-0.15, -0.1) is 0 Å². The molecule has 2 saturated heterocycles. The Morgan fingerprint density at radius 2 is 1.74 bits per heavy atom. The summed E-state index contributed by atoms with van der Waals surface area (Å²) in [4.78, 5) is 54.0. The average Bonchev–Trinajstić information content (AvgIpc) is 3.11. The lowest BCUT2D eigenvalue weighted by atomic mass is 9.85. The van der Waals surface area contributed by atoms with Crippen molar-refractivity contribution in [3.8, 4) is 0 Å². The molecule has 50 heavy (non-hydrogen) atoms. The van der Waals surface area contributed by atoms with Crippen LogP contribution in [0.15, 0.2) is 66.3 Å². The molecule has 2 aliphatic rings. The molecule has 1 aromatic carbocycles. The third-order valence-corrected chi connectivity index (χ3v) is 9.91. The number of carbonyl (C=O) groups excluding carboxylic acids is 4. The Kier molecular flexibility index (Phi) is 16.2. The Hall–Kier alpha value is -3.44. The minimum atomic E-state index is -2.33. The quantitative estimate of drug-likeness (QED) is 0.117. The number of allylic oxidation sites excluding steroid dienone is 5. The zero-order valence-electron chi connectivity index (χ0n) is 30.8. The first-order valence-corrected chi connectivity index (χ1v) is 17.9. The lowest BCUT2D eigenvalue weighted by Crippen LogP contribution is -2.60. The van der Waals surface area contributed by atoms with E-state index >= 15 is 0 Å². The largest absolute Gasteiger partial charge is 0.456 e. The third kappa shape index (κ3) is 11.3. The number of nitrogens with zero attached hydrogens (tertiary/aromatic N) is 1. The predicted molar refractivity (Wildman–Crippen MR) is 191 cm³/mol. The van der Waals surface area contributed by atoms with Gasteiger partial charge in [-0.25, -0.2) is 4.79 Å². The first-order chi connectivity index (χ1) is 23.8. The maximum atomic E-state index is 13.7. The highest BCUT2D eigenvalue weighted by Crippen LogP contribution is 2.36. The van der Waals surface area contributed by atoms with Crippen LogP contribution >= 0.6 is 0 Å². The Morgan fingerprint density at radius 3 is 2.42 bits per heavy atom. The van der Waals surface area contributed by atoms with Gasteiger partial charge in [0, 0.05) is 39.0 Å². The number of benzene rings is 1. The topological polar surface area (TPSA) is 129 Å². The lowest BCUT2D eigenvalue weighted by molar-refractivity contribution is -0.265. The molecule has 2 unspecified atom stereocenters. The second-order valence-electron chi connectivity index (χ2n) is 13.9. The normalized spacial score (nSPS) is 25.6. The molecule has 1 aromatic rings. The maximum absolute atomic E-state index is 13.7. The fourth-order valence-corrected chi connectivity index (χ4v) is 6.64. The van der Waals surface area contributed by atoms with Gasteiger partial charge in [0.15, 0.2) is 5.78 Å². The molecule has 0 aliphatic carbocycles. The van der Waals surface area contributed by atoms with Crippen LogP contribution < -0.4 is 0 Å². The van der Waals surface area contributed by atoms with Gasteiger partial charge < -0.3 is 29.0 Å². The average molecular weight is 696 g/mol. The fourth-order valence-electron chi connectivity index (χ4n) is 6.64. The summed E-state index contributed by atoms with van der Waals surface area (Å²) in [6.45, 7) is 9.73. The van der Waals surface area contributed by atoms with Crippen molar-refractivity contribution in [1.29, 1.82) is 0 Å². The van der Waals surface area contributed by atoms with E-state index in [1.165, 1.54) is 12.0 Å². The van der Waals surface area contributed by atoms with Crippen LogP contribution in [0.25, 0.3) is 0 Å². The van der Waals surface area contributed by atoms with Crippen molar-refractivity contribution < 1.29 is 43.2 Å². The molecule has 0 radical (unpaired) electrons. The molecule has 10 heteroatoms. The summed E-state index contributed by atoms with van der Waals surface area (Å²) in [5, 5.41) is 11.6. The number of ether oxygens (including phenoxy) is 4. The van der Waals surface area contributed by atoms with Crippen LogP contribution in [0, 0.1) is 17.8 Å². The molecule has 1 amide bonds. The van der Waals surface area contributed by atoms with Crippen LogP contribution in [0.5, 0.6) is 0 Å². The highest BCUT2D eigenvalue weighted by molar-refractivity contribution is 6.39. The minimum Gasteiger partial charge on any atom is -0.456 e. The van der Waals surface area contributed by atoms with Crippen LogP contribution in [0.2, 0.25) is 0 Å². The van der Waals surface area contributed by atoms with E-state index in [9.17, 15) is 24.3 Å². The van der Waals surface area contributed by atoms with Gasteiger partial charge >= 0.3 is 5.97 Å². The minimum absolute atomic E-state index is 0.0705. The van der Waals surface area contributed by atoms with Gasteiger partial charge in [-0.1, -0.05) is 81.5 Å². The van der Waals surface area contributed by atoms with E-state index in [2.05, 4.69) is 13.0 Å². The maximum Gasteiger partial charge on any atom is 0.329 e. The summed E-state index contributed by atoms with van der Waals surface area (Å²) < 4.78 is 22.5. The number of Topliss-reactive ketones (excluding diaryl/α,β-unsaturated/α-hetero) is 2. The molecule has 0 spiro atoms. The van der Waals surface area contributed by atoms with Crippen LogP contribution in [-0.4, -0.2) is 84.9 Å². The number of likely N-dealkylation sites (tertiary alicyclic amines) is 1. The Balaban J connectivity index is 1.62. The molecule has 0 saturated carbocycles. The number of aliphatic hydroxyl groups is 1. The Morgan fingerprint density at radius 1 is 1.02 bits per heavy atom. The number of hydrogen-bond donors (Lipinski definition) is 1. The molecule has 3 rings (SSSR count). The van der Waals surface area contributed by atoms with E-state index in [4.69, 9.17) is 18.9 Å². The number of hydrogen-bond acceptors (Lipinski definition) is 9. The molecule has 0 bridgehead atoms. The van der Waals surface area contributed by atoms with Gasteiger partial charge in [-0.2, -0.15) is 0 Å². The summed E-state index contributed by atoms with van der Waals surface area (Å²) >= 11 is 0. The van der Waals surface area contributed by atoms with Crippen LogP contribution in [0.1, 0.15) is 91.2 Å². The second-order valence-corrected chi connectivity index (χ2v) is 13.9. The van der Waals surface area contributed by atoms with Crippen LogP contribution in [0.3, 0.4) is 0 Å². The number of piperidine rings is 1. The van der Waals surface area contributed by atoms with E-state index in [-0.39, 0.29) is 36.9 Å². The molecule has 276 valence electrons. The van der Waals surface area contributed by atoms with E-state index < -0.39 is 47.6 Å². The smallest absolute Gasteiger partial charge is 0.329 e. The van der Waals surface area contributed by atoms with Gasteiger partial charge in [-0.3, -0.25) is 14.4 Å². The summed E-state index contributed by atoms with van der Waals surface area (Å²) in [6, 6.07) is 8.40. The van der Waals surface area contributed by atoms with Gasteiger partial charge in [0.1, 0.15) is 18.8 Å². The zero-order chi connectivity index (χ0) is 36.8. The summed E-state index contributed by atoms with van der Waals surface area (Å²) in [5.74, 6) is -5.27. The molecular weight excluding hydrogens is 638 g/mol. The van der Waals surface area contributed by atoms with E-state index in [0.717, 1.165) is 17.6 Å². The number of carbonyl (C=O) groups is 4. The molecule has 2 aliphatic heterocycles. The SMILES string of the molecule is COCC(=O)[C@H](C)C[C@H](C)C=CC=CC=C(C)[C@H](C[C@@H]1CC[C@@H](C)[C@](O)(C(=O)C(=O)N2CCCCC2C(=O)OC(C)c2ccccc2)O1)OC. The Labute approximate surface area is 297 Å². The molecule has 10 nitrogen and oxygen atoms in total. The fraction of sp³-hybridized carbons (Fsp3) is 0.600. The van der Waals surface area contributed by atoms with Gasteiger partial charge in [0.25, 0.3) is 11.7 Å². The van der Waals surface area contributed by atoms with E-state index in [0.29, 0.717) is 38.5 Å². The molecule has 0 aromatic heterocycles. The summed E-state index contributed by atoms with van der Waals surface area (Å²) in [7, 11) is 3.12. The van der Waals surface area contributed by atoms with E-state index in [1.807, 2.05) is 68.5 Å². The first-order valence-electron chi connectivity index (χ1n) is 17.9. The van der Waals surface area contributed by atoms with Crippen LogP contribution in [-0.2, 0) is 38.1 Å². The predicted octanol–water partition coefficient (Wildman–Crippen LogP) is 6.09. The van der Waals surface area contributed by atoms with Crippen molar-refractivity contribution in [2.75, 3.05) is 27.4 Å².